The number of phenolic OH excluding ortho intramolecular Hbond substituents is 1. The van der Waals surface area contributed by atoms with E-state index in [2.05, 4.69) is 0 Å². The lowest BCUT2D eigenvalue weighted by Gasteiger charge is -1.99. The second-order valence-electron chi connectivity index (χ2n) is 2.42. The van der Waals surface area contributed by atoms with E-state index < -0.39 is 10.2 Å². The Kier molecular flexibility index (Phi) is 2.43. The van der Waals surface area contributed by atoms with Crippen molar-refractivity contribution in [2.75, 3.05) is 5.73 Å². The normalized spacial score (nSPS) is 9.58. The summed E-state index contributed by atoms with van der Waals surface area (Å²) in [7, 11) is -1.37. The Morgan fingerprint density at radius 3 is 2.75 bits per heavy atom. The maximum absolute atomic E-state index is 10.6. The van der Waals surface area contributed by atoms with Crippen LogP contribution in [0.4, 0.5) is 5.69 Å². The van der Waals surface area contributed by atoms with Crippen molar-refractivity contribution < 1.29 is 9.32 Å². The monoisotopic (exact) mass is 183 g/mol. The number of phenols is 1. The smallest absolute Gasteiger partial charge is 0.138 e. The van der Waals surface area contributed by atoms with E-state index in [1.807, 2.05) is 0 Å². The van der Waals surface area contributed by atoms with Crippen LogP contribution in [0.25, 0.3) is 0 Å². The number of anilines is 1. The summed E-state index contributed by atoms with van der Waals surface area (Å²) < 4.78 is 10.6. The third kappa shape index (κ3) is 2.05. The van der Waals surface area contributed by atoms with Crippen molar-refractivity contribution in [3.05, 3.63) is 23.8 Å². The van der Waals surface area contributed by atoms with Gasteiger partial charge in [-0.25, -0.2) is 4.21 Å². The Labute approximate surface area is 72.5 Å². The highest BCUT2D eigenvalue weighted by Gasteiger charge is 1.97. The highest BCUT2D eigenvalue weighted by molar-refractivity contribution is 7.72. The molecule has 0 atom stereocenters. The second-order valence-corrected chi connectivity index (χ2v) is 3.47. The molecule has 0 amide bonds. The molecule has 0 saturated carbocycles. The van der Waals surface area contributed by atoms with Crippen molar-refractivity contribution in [3.63, 3.8) is 0 Å². The van der Waals surface area contributed by atoms with Gasteiger partial charge < -0.3 is 10.8 Å². The molecule has 1 aromatic carbocycles. The molecule has 3 nitrogen and oxygen atoms in total. The lowest BCUT2D eigenvalue weighted by atomic mass is 10.2. The first-order valence-corrected chi connectivity index (χ1v) is 4.68. The Hall–Kier alpha value is -1.38. The second kappa shape index (κ2) is 3.34. The van der Waals surface area contributed by atoms with E-state index in [-0.39, 0.29) is 17.2 Å². The predicted octanol–water partition coefficient (Wildman–Crippen LogP) is 0.812. The van der Waals surface area contributed by atoms with Crippen LogP contribution in [-0.2, 0) is 16.0 Å². The molecule has 1 rings (SSSR count). The molecule has 4 heteroatoms. The van der Waals surface area contributed by atoms with E-state index in [1.165, 1.54) is 6.07 Å². The van der Waals surface area contributed by atoms with Crippen molar-refractivity contribution >= 4 is 15.9 Å². The molecule has 0 bridgehead atoms. The Bertz CT molecular complexity index is 408. The van der Waals surface area contributed by atoms with E-state index in [0.29, 0.717) is 0 Å². The molecule has 3 N–H and O–H groups in total. The summed E-state index contributed by atoms with van der Waals surface area (Å²) in [6, 6.07) is 4.65. The summed E-state index contributed by atoms with van der Waals surface area (Å²) in [5.41, 5.74) is 11.5. The predicted molar refractivity (Wildman–Crippen MR) is 49.3 cm³/mol. The van der Waals surface area contributed by atoms with Gasteiger partial charge in [0.15, 0.2) is 0 Å². The van der Waals surface area contributed by atoms with Gasteiger partial charge in [0, 0.05) is 10.2 Å². The Morgan fingerprint density at radius 2 is 2.25 bits per heavy atom. The SMILES string of the molecule is C#S(=O)Cc1ccc(O)c(N)c1. The molecule has 0 aromatic heterocycles. The number of rotatable bonds is 1. The molecule has 0 radical (unpaired) electrons. The van der Waals surface area contributed by atoms with Gasteiger partial charge in [-0.2, -0.15) is 0 Å². The van der Waals surface area contributed by atoms with Crippen LogP contribution in [0.2, 0.25) is 0 Å². The zero-order valence-corrected chi connectivity index (χ0v) is 7.17. The van der Waals surface area contributed by atoms with Crippen LogP contribution >= 0.6 is 0 Å². The standard InChI is InChI=1S/C8H9NO2S/c1-12(11)5-6-2-3-8(10)7(9)4-6/h1-4,10H,5,9H2. The van der Waals surface area contributed by atoms with Crippen LogP contribution in [0.1, 0.15) is 5.56 Å². The van der Waals surface area contributed by atoms with Crippen molar-refractivity contribution in [1.82, 2.24) is 0 Å². The van der Waals surface area contributed by atoms with Gasteiger partial charge >= 0.3 is 0 Å². The number of hydrogen-bond donors (Lipinski definition) is 2. The highest BCUT2D eigenvalue weighted by atomic mass is 32.2. The van der Waals surface area contributed by atoms with Crippen LogP contribution in [0.15, 0.2) is 18.2 Å². The van der Waals surface area contributed by atoms with Gasteiger partial charge in [0.25, 0.3) is 0 Å². The van der Waals surface area contributed by atoms with Gasteiger partial charge in [0.2, 0.25) is 0 Å². The summed E-state index contributed by atoms with van der Waals surface area (Å²) in [6.45, 7) is 0. The number of hydrogen-bond acceptors (Lipinski definition) is 3. The van der Waals surface area contributed by atoms with Gasteiger partial charge in [-0.3, -0.25) is 0 Å². The molecule has 64 valence electrons. The molecule has 0 spiro atoms. The third-order valence-electron chi connectivity index (χ3n) is 1.40. The fourth-order valence-corrected chi connectivity index (χ4v) is 1.37. The largest absolute Gasteiger partial charge is 0.506 e. The highest BCUT2D eigenvalue weighted by Crippen LogP contribution is 2.20. The molecule has 0 fully saturated rings. The van der Waals surface area contributed by atoms with Crippen LogP contribution in [0.3, 0.4) is 0 Å². The van der Waals surface area contributed by atoms with Crippen LogP contribution in [-0.4, -0.2) is 9.32 Å². The first kappa shape index (κ1) is 8.71. The molecule has 0 heterocycles. The zero-order valence-electron chi connectivity index (χ0n) is 6.36. The van der Waals surface area contributed by atoms with Crippen LogP contribution in [0, 0.1) is 5.69 Å². The Balaban J connectivity index is 2.99. The summed E-state index contributed by atoms with van der Waals surface area (Å²) >= 11 is 0. The molecule has 0 saturated heterocycles. The third-order valence-corrected chi connectivity index (χ3v) is 2.02. The fraction of sp³-hybridized carbons (Fsp3) is 0.125. The summed E-state index contributed by atoms with van der Waals surface area (Å²) in [6.07, 6.45) is 0. The maximum Gasteiger partial charge on any atom is 0.138 e. The molecular weight excluding hydrogens is 174 g/mol. The van der Waals surface area contributed by atoms with E-state index in [1.54, 1.807) is 12.1 Å². The average Bonchev–Trinajstić information content (AvgIpc) is 1.96. The first-order valence-electron chi connectivity index (χ1n) is 3.29. The van der Waals surface area contributed by atoms with Crippen LogP contribution < -0.4 is 5.73 Å². The van der Waals surface area contributed by atoms with Gasteiger partial charge in [-0.15, -0.1) is 0 Å². The Morgan fingerprint density at radius 1 is 1.58 bits per heavy atom. The number of nitrogens with two attached hydrogens (primary N) is 1. The number of aromatic hydroxyl groups is 1. The maximum atomic E-state index is 10.6. The fourth-order valence-electron chi connectivity index (χ4n) is 0.858. The van der Waals surface area contributed by atoms with Crippen molar-refractivity contribution in [1.29, 1.82) is 0 Å². The van der Waals surface area contributed by atoms with E-state index >= 15 is 0 Å². The van der Waals surface area contributed by atoms with Gasteiger partial charge in [0.1, 0.15) is 5.75 Å². The van der Waals surface area contributed by atoms with Gasteiger partial charge in [-0.1, -0.05) is 11.8 Å². The van der Waals surface area contributed by atoms with Crippen molar-refractivity contribution in [3.8, 4) is 11.4 Å². The number of benzene rings is 1. The minimum Gasteiger partial charge on any atom is -0.506 e. The van der Waals surface area contributed by atoms with Gasteiger partial charge in [-0.05, 0) is 17.7 Å². The minimum atomic E-state index is -1.37. The lowest BCUT2D eigenvalue weighted by Crippen LogP contribution is -1.89. The molecule has 0 unspecified atom stereocenters. The molecule has 12 heavy (non-hydrogen) atoms. The summed E-state index contributed by atoms with van der Waals surface area (Å²) in [5.74, 6) is 0.284. The molecular formula is C8H9NO2S. The van der Waals surface area contributed by atoms with E-state index in [0.717, 1.165) is 5.56 Å². The zero-order chi connectivity index (χ0) is 9.14. The average molecular weight is 183 g/mol. The molecule has 0 aliphatic heterocycles. The molecule has 0 aliphatic carbocycles. The van der Waals surface area contributed by atoms with Crippen LogP contribution in [0.5, 0.6) is 5.75 Å². The molecule has 0 aliphatic rings. The quantitative estimate of drug-likeness (QED) is 0.500. The molecule has 1 aromatic rings. The topological polar surface area (TPSA) is 63.3 Å². The van der Waals surface area contributed by atoms with Crippen molar-refractivity contribution in [2.45, 2.75) is 5.75 Å². The van der Waals surface area contributed by atoms with Gasteiger partial charge in [0.05, 0.1) is 11.4 Å². The summed E-state index contributed by atoms with van der Waals surface area (Å²) in [5, 5.41) is 9.05. The lowest BCUT2D eigenvalue weighted by molar-refractivity contribution is 0.478. The van der Waals surface area contributed by atoms with E-state index in [4.69, 9.17) is 16.5 Å². The van der Waals surface area contributed by atoms with E-state index in [9.17, 15) is 4.21 Å². The van der Waals surface area contributed by atoms with Crippen molar-refractivity contribution in [2.24, 2.45) is 0 Å². The first-order chi connectivity index (χ1) is 5.59. The minimum absolute atomic E-state index is 0.0292. The summed E-state index contributed by atoms with van der Waals surface area (Å²) in [4.78, 5) is 0. The number of nitrogen functional groups attached to an aromatic ring is 1.